The summed E-state index contributed by atoms with van der Waals surface area (Å²) in [5.41, 5.74) is 2.10. The Bertz CT molecular complexity index is 1470. The van der Waals surface area contributed by atoms with Crippen LogP contribution in [0.2, 0.25) is 5.02 Å². The molecule has 0 bridgehead atoms. The highest BCUT2D eigenvalue weighted by Gasteiger charge is 2.33. The summed E-state index contributed by atoms with van der Waals surface area (Å²) in [6.07, 6.45) is 1.78. The van der Waals surface area contributed by atoms with Gasteiger partial charge in [-0.3, -0.25) is 9.36 Å². The van der Waals surface area contributed by atoms with Crippen LogP contribution >= 0.6 is 22.9 Å². The Morgan fingerprint density at radius 3 is 2.54 bits per heavy atom. The minimum Gasteiger partial charge on any atom is -0.493 e. The SMILES string of the molecule is CCOC(=O)C1=C(C)N=c2s/c(=C\c3ccc(OCC)c(OC)c3)c(=O)n2[C@@H]1c1ccc(Cl)cc1. The van der Waals surface area contributed by atoms with Crippen LogP contribution in [0.3, 0.4) is 0 Å². The molecule has 1 aliphatic rings. The Kier molecular flexibility index (Phi) is 7.42. The molecule has 0 spiro atoms. The van der Waals surface area contributed by atoms with Crippen molar-refractivity contribution in [3.05, 3.63) is 89.6 Å². The molecule has 0 fully saturated rings. The van der Waals surface area contributed by atoms with Crippen LogP contribution in [0, 0.1) is 0 Å². The van der Waals surface area contributed by atoms with Gasteiger partial charge in [0, 0.05) is 5.02 Å². The molecule has 0 saturated heterocycles. The highest BCUT2D eigenvalue weighted by molar-refractivity contribution is 7.07. The predicted molar refractivity (Wildman–Crippen MR) is 136 cm³/mol. The lowest BCUT2D eigenvalue weighted by Gasteiger charge is -2.24. The molecule has 1 atom stereocenters. The van der Waals surface area contributed by atoms with Crippen molar-refractivity contribution in [2.45, 2.75) is 26.8 Å². The molecule has 0 unspecified atom stereocenters. The highest BCUT2D eigenvalue weighted by Crippen LogP contribution is 2.31. The Hall–Kier alpha value is -3.36. The molecule has 1 aromatic heterocycles. The smallest absolute Gasteiger partial charge is 0.338 e. The fourth-order valence-corrected chi connectivity index (χ4v) is 5.12. The number of ether oxygens (including phenoxy) is 3. The number of carbonyl (C=O) groups is 1. The second-order valence-corrected chi connectivity index (χ2v) is 9.14. The van der Waals surface area contributed by atoms with E-state index in [1.54, 1.807) is 55.9 Å². The molecule has 2 aromatic carbocycles. The minimum absolute atomic E-state index is 0.215. The molecular formula is C26H25ClN2O5S. The molecule has 35 heavy (non-hydrogen) atoms. The summed E-state index contributed by atoms with van der Waals surface area (Å²) in [5.74, 6) is 0.707. The first-order chi connectivity index (χ1) is 16.9. The van der Waals surface area contributed by atoms with E-state index in [1.165, 1.54) is 11.3 Å². The second kappa shape index (κ2) is 10.5. The first kappa shape index (κ1) is 24.8. The van der Waals surface area contributed by atoms with Crippen LogP contribution in [0.5, 0.6) is 11.5 Å². The molecular weight excluding hydrogens is 488 g/mol. The number of hydrogen-bond acceptors (Lipinski definition) is 7. The summed E-state index contributed by atoms with van der Waals surface area (Å²) >= 11 is 7.36. The van der Waals surface area contributed by atoms with E-state index < -0.39 is 12.0 Å². The number of thiazole rings is 1. The van der Waals surface area contributed by atoms with Crippen molar-refractivity contribution in [2.75, 3.05) is 20.3 Å². The molecule has 2 heterocycles. The minimum atomic E-state index is -0.681. The molecule has 182 valence electrons. The van der Waals surface area contributed by atoms with Crippen molar-refractivity contribution < 1.29 is 19.0 Å². The van der Waals surface area contributed by atoms with Gasteiger partial charge >= 0.3 is 5.97 Å². The lowest BCUT2D eigenvalue weighted by atomic mass is 9.96. The van der Waals surface area contributed by atoms with Gasteiger partial charge in [0.05, 0.1) is 42.2 Å². The second-order valence-electron chi connectivity index (χ2n) is 7.70. The van der Waals surface area contributed by atoms with Gasteiger partial charge in [0.2, 0.25) is 0 Å². The standard InChI is InChI=1S/C26H25ClN2O5S/c1-5-33-19-12-7-16(13-20(19)32-4)14-21-24(30)29-23(17-8-10-18(27)11-9-17)22(25(31)34-6-2)15(3)28-26(29)35-21/h7-14,23H,5-6H2,1-4H3/b21-14-/t23-/m1/s1. The number of fused-ring (bicyclic) bond motifs is 1. The van der Waals surface area contributed by atoms with E-state index in [-0.39, 0.29) is 12.2 Å². The molecule has 0 saturated carbocycles. The van der Waals surface area contributed by atoms with Crippen molar-refractivity contribution in [2.24, 2.45) is 4.99 Å². The number of rotatable bonds is 7. The van der Waals surface area contributed by atoms with Crippen LogP contribution in [0.1, 0.15) is 37.9 Å². The molecule has 0 radical (unpaired) electrons. The number of methoxy groups -OCH3 is 1. The van der Waals surface area contributed by atoms with Crippen LogP contribution < -0.4 is 24.4 Å². The highest BCUT2D eigenvalue weighted by atomic mass is 35.5. The van der Waals surface area contributed by atoms with E-state index in [9.17, 15) is 9.59 Å². The van der Waals surface area contributed by atoms with Crippen molar-refractivity contribution in [1.82, 2.24) is 4.57 Å². The summed E-state index contributed by atoms with van der Waals surface area (Å²) < 4.78 is 18.4. The first-order valence-corrected chi connectivity index (χ1v) is 12.3. The predicted octanol–water partition coefficient (Wildman–Crippen LogP) is 3.86. The number of esters is 1. The van der Waals surface area contributed by atoms with Gasteiger partial charge in [-0.2, -0.15) is 0 Å². The summed E-state index contributed by atoms with van der Waals surface area (Å²) in [6, 6.07) is 11.9. The lowest BCUT2D eigenvalue weighted by Crippen LogP contribution is -2.39. The molecule has 0 N–H and O–H groups in total. The number of benzene rings is 2. The van der Waals surface area contributed by atoms with Gasteiger partial charge in [-0.05, 0) is 62.2 Å². The van der Waals surface area contributed by atoms with Crippen LogP contribution in [0.15, 0.2) is 63.5 Å². The number of aromatic nitrogens is 1. The molecule has 9 heteroatoms. The zero-order valence-electron chi connectivity index (χ0n) is 19.8. The number of carbonyl (C=O) groups excluding carboxylic acids is 1. The van der Waals surface area contributed by atoms with Crippen molar-refractivity contribution in [3.63, 3.8) is 0 Å². The number of nitrogens with zero attached hydrogens (tertiary/aromatic N) is 2. The topological polar surface area (TPSA) is 79.1 Å². The van der Waals surface area contributed by atoms with E-state index in [4.69, 9.17) is 25.8 Å². The Labute approximate surface area is 211 Å². The first-order valence-electron chi connectivity index (χ1n) is 11.1. The monoisotopic (exact) mass is 512 g/mol. The molecule has 0 aliphatic carbocycles. The third kappa shape index (κ3) is 4.90. The van der Waals surface area contributed by atoms with Gasteiger partial charge in [-0.1, -0.05) is 41.1 Å². The quantitative estimate of drug-likeness (QED) is 0.449. The molecule has 1 aliphatic heterocycles. The maximum Gasteiger partial charge on any atom is 0.338 e. The lowest BCUT2D eigenvalue weighted by molar-refractivity contribution is -0.139. The van der Waals surface area contributed by atoms with Crippen LogP contribution in [-0.4, -0.2) is 30.9 Å². The van der Waals surface area contributed by atoms with Crippen LogP contribution in [0.25, 0.3) is 6.08 Å². The van der Waals surface area contributed by atoms with E-state index in [1.807, 2.05) is 25.1 Å². The maximum atomic E-state index is 13.7. The maximum absolute atomic E-state index is 13.7. The van der Waals surface area contributed by atoms with E-state index in [2.05, 4.69) is 4.99 Å². The van der Waals surface area contributed by atoms with Gasteiger partial charge in [0.15, 0.2) is 16.3 Å². The van der Waals surface area contributed by atoms with Crippen molar-refractivity contribution in [3.8, 4) is 11.5 Å². The van der Waals surface area contributed by atoms with Crippen molar-refractivity contribution in [1.29, 1.82) is 0 Å². The Morgan fingerprint density at radius 2 is 1.89 bits per heavy atom. The Balaban J connectivity index is 1.90. The van der Waals surface area contributed by atoms with Crippen LogP contribution in [-0.2, 0) is 9.53 Å². The molecule has 4 rings (SSSR count). The van der Waals surface area contributed by atoms with Gasteiger partial charge < -0.3 is 14.2 Å². The largest absolute Gasteiger partial charge is 0.493 e. The summed E-state index contributed by atoms with van der Waals surface area (Å²) in [7, 11) is 1.57. The van der Waals surface area contributed by atoms with E-state index >= 15 is 0 Å². The zero-order chi connectivity index (χ0) is 25.1. The summed E-state index contributed by atoms with van der Waals surface area (Å²) in [4.78, 5) is 31.7. The average Bonchev–Trinajstić information content (AvgIpc) is 3.14. The molecule has 0 amide bonds. The number of allylic oxidation sites excluding steroid dienone is 1. The van der Waals surface area contributed by atoms with Crippen LogP contribution in [0.4, 0.5) is 0 Å². The average molecular weight is 513 g/mol. The normalized spacial score (nSPS) is 15.5. The third-order valence-corrected chi connectivity index (χ3v) is 6.72. The van der Waals surface area contributed by atoms with Gasteiger partial charge in [-0.15, -0.1) is 0 Å². The summed E-state index contributed by atoms with van der Waals surface area (Å²) in [5, 5.41) is 0.559. The van der Waals surface area contributed by atoms with Crippen molar-refractivity contribution >= 4 is 35.0 Å². The zero-order valence-corrected chi connectivity index (χ0v) is 21.4. The fraction of sp³-hybridized carbons (Fsp3) is 0.269. The van der Waals surface area contributed by atoms with Gasteiger partial charge in [0.25, 0.3) is 5.56 Å². The third-order valence-electron chi connectivity index (χ3n) is 5.49. The van der Waals surface area contributed by atoms with E-state index in [0.717, 1.165) is 11.1 Å². The van der Waals surface area contributed by atoms with Gasteiger partial charge in [-0.25, -0.2) is 9.79 Å². The Morgan fingerprint density at radius 1 is 1.14 bits per heavy atom. The number of hydrogen-bond donors (Lipinski definition) is 0. The number of halogens is 1. The van der Waals surface area contributed by atoms with Gasteiger partial charge in [0.1, 0.15) is 0 Å². The molecule has 7 nitrogen and oxygen atoms in total. The van der Waals surface area contributed by atoms with E-state index in [0.29, 0.717) is 43.7 Å². The fourth-order valence-electron chi connectivity index (χ4n) is 3.95. The summed E-state index contributed by atoms with van der Waals surface area (Å²) in [6.45, 7) is 6.13. The molecule has 3 aromatic rings.